The van der Waals surface area contributed by atoms with Crippen LogP contribution in [0.4, 0.5) is 4.39 Å². The van der Waals surface area contributed by atoms with Crippen LogP contribution in [-0.4, -0.2) is 25.1 Å². The summed E-state index contributed by atoms with van der Waals surface area (Å²) in [7, 11) is 0. The molecule has 1 atom stereocenters. The molecule has 0 aliphatic carbocycles. The van der Waals surface area contributed by atoms with Gasteiger partial charge in [0.25, 0.3) is 5.91 Å². The topological polar surface area (TPSA) is 64.3 Å². The van der Waals surface area contributed by atoms with Crippen molar-refractivity contribution in [3.63, 3.8) is 0 Å². The van der Waals surface area contributed by atoms with E-state index in [1.54, 1.807) is 12.1 Å². The van der Waals surface area contributed by atoms with Crippen LogP contribution in [0.25, 0.3) is 0 Å². The van der Waals surface area contributed by atoms with E-state index in [1.807, 2.05) is 0 Å². The molecule has 4 nitrogen and oxygen atoms in total. The zero-order valence-electron chi connectivity index (χ0n) is 10.8. The minimum absolute atomic E-state index is 0.0660. The molecule has 1 aromatic rings. The van der Waals surface area contributed by atoms with Crippen LogP contribution in [0, 0.1) is 18.2 Å². The zero-order chi connectivity index (χ0) is 14.3. The number of para-hydroxylation sites is 1. The zero-order valence-corrected chi connectivity index (χ0v) is 10.8. The Hall–Kier alpha value is -2.06. The van der Waals surface area contributed by atoms with E-state index in [2.05, 4.69) is 11.2 Å². The predicted molar refractivity (Wildman–Crippen MR) is 71.1 cm³/mol. The van der Waals surface area contributed by atoms with Gasteiger partial charge in [-0.15, -0.1) is 6.42 Å². The van der Waals surface area contributed by atoms with Crippen LogP contribution in [0.2, 0.25) is 0 Å². The van der Waals surface area contributed by atoms with Crippen LogP contribution in [0.1, 0.15) is 12.5 Å². The minimum atomic E-state index is -0.832. The third-order valence-corrected chi connectivity index (χ3v) is 2.49. The highest BCUT2D eigenvalue weighted by molar-refractivity contribution is 5.80. The third-order valence-electron chi connectivity index (χ3n) is 2.49. The average molecular weight is 264 g/mol. The summed E-state index contributed by atoms with van der Waals surface area (Å²) in [6.07, 6.45) is 4.68. The SMILES string of the molecule is C#CCNC(=O)C(C)Oc1c(F)cccc1CCN. The molecule has 102 valence electrons. The molecule has 1 amide bonds. The van der Waals surface area contributed by atoms with Gasteiger partial charge in [0.1, 0.15) is 0 Å². The number of terminal acetylenes is 1. The molecule has 19 heavy (non-hydrogen) atoms. The van der Waals surface area contributed by atoms with Crippen molar-refractivity contribution in [2.24, 2.45) is 5.73 Å². The molecule has 0 bridgehead atoms. The summed E-state index contributed by atoms with van der Waals surface area (Å²) >= 11 is 0. The van der Waals surface area contributed by atoms with E-state index < -0.39 is 11.9 Å². The molecule has 0 radical (unpaired) electrons. The molecular weight excluding hydrogens is 247 g/mol. The van der Waals surface area contributed by atoms with Gasteiger partial charge in [-0.2, -0.15) is 0 Å². The van der Waals surface area contributed by atoms with Gasteiger partial charge in [0.2, 0.25) is 0 Å². The number of amides is 1. The number of nitrogens with two attached hydrogens (primary N) is 1. The Balaban J connectivity index is 2.81. The second kappa shape index (κ2) is 7.39. The molecule has 3 N–H and O–H groups in total. The Morgan fingerprint density at radius 3 is 3.00 bits per heavy atom. The summed E-state index contributed by atoms with van der Waals surface area (Å²) in [6.45, 7) is 2.02. The molecule has 5 heteroatoms. The number of ether oxygens (including phenoxy) is 1. The number of halogens is 1. The van der Waals surface area contributed by atoms with Crippen LogP contribution >= 0.6 is 0 Å². The van der Waals surface area contributed by atoms with Gasteiger partial charge in [-0.25, -0.2) is 4.39 Å². The van der Waals surface area contributed by atoms with Gasteiger partial charge in [-0.1, -0.05) is 18.1 Å². The molecule has 0 aliphatic rings. The quantitative estimate of drug-likeness (QED) is 0.748. The summed E-state index contributed by atoms with van der Waals surface area (Å²) in [5, 5.41) is 2.48. The van der Waals surface area contributed by atoms with E-state index in [-0.39, 0.29) is 18.2 Å². The number of benzene rings is 1. The van der Waals surface area contributed by atoms with Crippen molar-refractivity contribution in [3.8, 4) is 18.1 Å². The summed E-state index contributed by atoms with van der Waals surface area (Å²) in [4.78, 5) is 11.6. The Morgan fingerprint density at radius 1 is 1.63 bits per heavy atom. The first-order chi connectivity index (χ1) is 9.10. The molecule has 0 saturated heterocycles. The largest absolute Gasteiger partial charge is 0.478 e. The number of nitrogens with one attached hydrogen (secondary N) is 1. The third kappa shape index (κ3) is 4.27. The Labute approximate surface area is 112 Å². The van der Waals surface area contributed by atoms with E-state index in [0.717, 1.165) is 0 Å². The Bertz CT molecular complexity index is 483. The number of carbonyl (C=O) groups excluding carboxylic acids is 1. The van der Waals surface area contributed by atoms with E-state index in [9.17, 15) is 9.18 Å². The summed E-state index contributed by atoms with van der Waals surface area (Å²) in [5.41, 5.74) is 6.09. The van der Waals surface area contributed by atoms with Crippen LogP contribution in [0.3, 0.4) is 0 Å². The molecule has 1 rings (SSSR count). The number of hydrogen-bond donors (Lipinski definition) is 2. The van der Waals surface area contributed by atoms with Crippen LogP contribution in [-0.2, 0) is 11.2 Å². The molecule has 0 fully saturated rings. The van der Waals surface area contributed by atoms with Gasteiger partial charge < -0.3 is 15.8 Å². The molecule has 0 heterocycles. The molecule has 1 unspecified atom stereocenters. The van der Waals surface area contributed by atoms with Crippen molar-refractivity contribution in [3.05, 3.63) is 29.6 Å². The summed E-state index contributed by atoms with van der Waals surface area (Å²) in [6, 6.07) is 4.58. The van der Waals surface area contributed by atoms with Crippen molar-refractivity contribution in [2.75, 3.05) is 13.1 Å². The van der Waals surface area contributed by atoms with Gasteiger partial charge >= 0.3 is 0 Å². The van der Waals surface area contributed by atoms with Crippen molar-refractivity contribution in [2.45, 2.75) is 19.4 Å². The van der Waals surface area contributed by atoms with Crippen LogP contribution in [0.5, 0.6) is 5.75 Å². The van der Waals surface area contributed by atoms with Crippen LogP contribution < -0.4 is 15.8 Å². The average Bonchev–Trinajstić information content (AvgIpc) is 2.40. The fourth-order valence-electron chi connectivity index (χ4n) is 1.55. The lowest BCUT2D eigenvalue weighted by Gasteiger charge is -2.17. The first-order valence-corrected chi connectivity index (χ1v) is 5.95. The summed E-state index contributed by atoms with van der Waals surface area (Å²) < 4.78 is 19.1. The lowest BCUT2D eigenvalue weighted by molar-refractivity contribution is -0.127. The van der Waals surface area contributed by atoms with E-state index in [1.165, 1.54) is 13.0 Å². The minimum Gasteiger partial charge on any atom is -0.478 e. The first-order valence-electron chi connectivity index (χ1n) is 5.95. The van der Waals surface area contributed by atoms with Gasteiger partial charge in [-0.3, -0.25) is 4.79 Å². The maximum atomic E-state index is 13.7. The Morgan fingerprint density at radius 2 is 2.37 bits per heavy atom. The molecule has 0 spiro atoms. The highest BCUT2D eigenvalue weighted by Gasteiger charge is 2.18. The summed E-state index contributed by atoms with van der Waals surface area (Å²) in [5.74, 6) is 1.45. The highest BCUT2D eigenvalue weighted by Crippen LogP contribution is 2.24. The monoisotopic (exact) mass is 264 g/mol. The number of hydrogen-bond acceptors (Lipinski definition) is 3. The smallest absolute Gasteiger partial charge is 0.261 e. The predicted octanol–water partition coefficient (Wildman–Crippen LogP) is 0.844. The van der Waals surface area contributed by atoms with Crippen molar-refractivity contribution in [1.29, 1.82) is 0 Å². The van der Waals surface area contributed by atoms with Crippen molar-refractivity contribution in [1.82, 2.24) is 5.32 Å². The van der Waals surface area contributed by atoms with Gasteiger partial charge in [0, 0.05) is 0 Å². The normalized spacial score (nSPS) is 11.5. The second-order valence-electron chi connectivity index (χ2n) is 3.95. The van der Waals surface area contributed by atoms with Gasteiger partial charge in [0.15, 0.2) is 17.7 Å². The second-order valence-corrected chi connectivity index (χ2v) is 3.95. The molecule has 0 aromatic heterocycles. The lowest BCUT2D eigenvalue weighted by Crippen LogP contribution is -2.36. The molecule has 1 aromatic carbocycles. The number of rotatable bonds is 6. The number of carbonyl (C=O) groups is 1. The van der Waals surface area contributed by atoms with E-state index in [0.29, 0.717) is 18.5 Å². The van der Waals surface area contributed by atoms with Crippen molar-refractivity contribution < 1.29 is 13.9 Å². The standard InChI is InChI=1S/C14H17FN2O2/c1-3-9-17-14(18)10(2)19-13-11(7-8-16)5-4-6-12(13)15/h1,4-6,10H,7-9,16H2,2H3,(H,17,18). The molecular formula is C14H17FN2O2. The van der Waals surface area contributed by atoms with Crippen molar-refractivity contribution >= 4 is 5.91 Å². The maximum Gasteiger partial charge on any atom is 0.261 e. The van der Waals surface area contributed by atoms with Gasteiger partial charge in [-0.05, 0) is 31.5 Å². The maximum absolute atomic E-state index is 13.7. The van der Waals surface area contributed by atoms with E-state index >= 15 is 0 Å². The van der Waals surface area contributed by atoms with E-state index in [4.69, 9.17) is 16.9 Å². The fourth-order valence-corrected chi connectivity index (χ4v) is 1.55. The first kappa shape index (κ1) is 15.0. The lowest BCUT2D eigenvalue weighted by atomic mass is 10.1. The fraction of sp³-hybridized carbons (Fsp3) is 0.357. The van der Waals surface area contributed by atoms with Crippen LogP contribution in [0.15, 0.2) is 18.2 Å². The molecule has 0 saturated carbocycles. The molecule has 0 aliphatic heterocycles. The highest BCUT2D eigenvalue weighted by atomic mass is 19.1. The van der Waals surface area contributed by atoms with Gasteiger partial charge in [0.05, 0.1) is 6.54 Å². The Kier molecular flexibility index (Phi) is 5.83.